The molecule has 0 aromatic heterocycles. The zero-order chi connectivity index (χ0) is 11.4. The molecule has 1 saturated carbocycles. The van der Waals surface area contributed by atoms with Crippen molar-refractivity contribution in [2.75, 3.05) is 0 Å². The van der Waals surface area contributed by atoms with E-state index in [-0.39, 0.29) is 6.04 Å². The molecule has 1 aromatic rings. The second-order valence-corrected chi connectivity index (χ2v) is 4.87. The van der Waals surface area contributed by atoms with Crippen molar-refractivity contribution in [2.45, 2.75) is 36.6 Å². The Kier molecular flexibility index (Phi) is 3.37. The Bertz CT molecular complexity index is 400. The highest BCUT2D eigenvalue weighted by Crippen LogP contribution is 2.44. The molecule has 0 aliphatic heterocycles. The summed E-state index contributed by atoms with van der Waals surface area (Å²) in [5, 5.41) is 3.86. The van der Waals surface area contributed by atoms with E-state index in [1.807, 2.05) is 30.3 Å². The van der Waals surface area contributed by atoms with Crippen molar-refractivity contribution in [1.82, 2.24) is 0 Å². The van der Waals surface area contributed by atoms with Crippen molar-refractivity contribution < 1.29 is 0 Å². The molecule has 0 amide bonds. The lowest BCUT2D eigenvalue weighted by Crippen LogP contribution is -2.35. The van der Waals surface area contributed by atoms with Crippen LogP contribution < -0.4 is 0 Å². The van der Waals surface area contributed by atoms with Crippen LogP contribution in [0, 0.1) is 0 Å². The molecule has 0 radical (unpaired) electrons. The van der Waals surface area contributed by atoms with E-state index >= 15 is 0 Å². The van der Waals surface area contributed by atoms with Gasteiger partial charge in [0.25, 0.3) is 0 Å². The fraction of sp³-hybridized carbons (Fsp3) is 0.500. The van der Waals surface area contributed by atoms with E-state index in [2.05, 4.69) is 10.0 Å². The number of hydrogen-bond donors (Lipinski definition) is 0. The molecule has 1 fully saturated rings. The molecule has 0 N–H and O–H groups in total. The van der Waals surface area contributed by atoms with Crippen molar-refractivity contribution in [3.63, 3.8) is 0 Å². The summed E-state index contributed by atoms with van der Waals surface area (Å²) in [6.07, 6.45) is 3.94. The Morgan fingerprint density at radius 2 is 2.06 bits per heavy atom. The maximum Gasteiger partial charge on any atom is 0.0779 e. The van der Waals surface area contributed by atoms with Gasteiger partial charge >= 0.3 is 0 Å². The first-order valence-corrected chi connectivity index (χ1v) is 5.94. The summed E-state index contributed by atoms with van der Waals surface area (Å²) in [4.78, 5) is 2.41. The van der Waals surface area contributed by atoms with Gasteiger partial charge in [0.2, 0.25) is 0 Å². The molecule has 1 aliphatic rings. The molecule has 2 atom stereocenters. The SMILES string of the molecule is [N-]=[N+]=N[C@H]1CCCC[C@]1(Cl)c1ccccc1. The van der Waals surface area contributed by atoms with Crippen molar-refractivity contribution in [2.24, 2.45) is 5.11 Å². The van der Waals surface area contributed by atoms with E-state index < -0.39 is 4.87 Å². The highest BCUT2D eigenvalue weighted by molar-refractivity contribution is 6.24. The van der Waals surface area contributed by atoms with Gasteiger partial charge in [0.05, 0.1) is 10.9 Å². The molecule has 1 aliphatic carbocycles. The minimum absolute atomic E-state index is 0.129. The van der Waals surface area contributed by atoms with Crippen LogP contribution in [0.5, 0.6) is 0 Å². The number of halogens is 1. The first kappa shape index (κ1) is 11.3. The summed E-state index contributed by atoms with van der Waals surface area (Å²) >= 11 is 6.68. The summed E-state index contributed by atoms with van der Waals surface area (Å²) in [5.74, 6) is 0. The number of hydrogen-bond acceptors (Lipinski definition) is 1. The molecule has 0 heterocycles. The molecule has 2 rings (SSSR count). The standard InChI is InChI=1S/C12H14ClN3/c13-12(10-6-2-1-3-7-10)9-5-4-8-11(12)15-16-14/h1-3,6-7,11H,4-5,8-9H2/t11-,12-/m0/s1. The van der Waals surface area contributed by atoms with Gasteiger partial charge in [-0.15, -0.1) is 11.6 Å². The second kappa shape index (κ2) is 4.77. The van der Waals surface area contributed by atoms with Gasteiger partial charge in [-0.25, -0.2) is 0 Å². The summed E-state index contributed by atoms with van der Waals surface area (Å²) in [6, 6.07) is 9.81. The van der Waals surface area contributed by atoms with Gasteiger partial charge < -0.3 is 0 Å². The van der Waals surface area contributed by atoms with Crippen LogP contribution in [0.25, 0.3) is 10.4 Å². The van der Waals surface area contributed by atoms with E-state index in [1.165, 1.54) is 0 Å². The van der Waals surface area contributed by atoms with Crippen LogP contribution in [0.3, 0.4) is 0 Å². The minimum Gasteiger partial charge on any atom is -0.114 e. The molecular weight excluding hydrogens is 222 g/mol. The normalized spacial score (nSPS) is 29.4. The predicted molar refractivity (Wildman–Crippen MR) is 65.4 cm³/mol. The third-order valence-corrected chi connectivity index (χ3v) is 3.90. The molecule has 0 saturated heterocycles. The fourth-order valence-corrected chi connectivity index (χ4v) is 2.79. The summed E-state index contributed by atoms with van der Waals surface area (Å²) in [6.45, 7) is 0. The number of benzene rings is 1. The summed E-state index contributed by atoms with van der Waals surface area (Å²) in [7, 11) is 0. The highest BCUT2D eigenvalue weighted by atomic mass is 35.5. The fourth-order valence-electron chi connectivity index (χ4n) is 2.38. The smallest absolute Gasteiger partial charge is 0.0779 e. The topological polar surface area (TPSA) is 48.8 Å². The number of nitrogens with zero attached hydrogens (tertiary/aromatic N) is 3. The Morgan fingerprint density at radius 3 is 2.75 bits per heavy atom. The van der Waals surface area contributed by atoms with Crippen LogP contribution in [-0.4, -0.2) is 6.04 Å². The van der Waals surface area contributed by atoms with Crippen LogP contribution in [0.1, 0.15) is 31.2 Å². The predicted octanol–water partition coefficient (Wildman–Crippen LogP) is 4.37. The van der Waals surface area contributed by atoms with Gasteiger partial charge in [-0.1, -0.05) is 48.3 Å². The molecule has 0 bridgehead atoms. The lowest BCUT2D eigenvalue weighted by molar-refractivity contribution is 0.343. The molecule has 0 unspecified atom stereocenters. The monoisotopic (exact) mass is 235 g/mol. The summed E-state index contributed by atoms with van der Waals surface area (Å²) < 4.78 is 0. The third-order valence-electron chi connectivity index (χ3n) is 3.24. The van der Waals surface area contributed by atoms with Crippen LogP contribution in [-0.2, 0) is 4.87 Å². The lowest BCUT2D eigenvalue weighted by atomic mass is 9.79. The average molecular weight is 236 g/mol. The Morgan fingerprint density at radius 1 is 1.31 bits per heavy atom. The minimum atomic E-state index is -0.508. The molecule has 1 aromatic carbocycles. The van der Waals surface area contributed by atoms with Gasteiger partial charge in [0, 0.05) is 4.91 Å². The van der Waals surface area contributed by atoms with Gasteiger partial charge in [-0.3, -0.25) is 0 Å². The van der Waals surface area contributed by atoms with Crippen LogP contribution in [0.15, 0.2) is 35.4 Å². The maximum atomic E-state index is 8.60. The summed E-state index contributed by atoms with van der Waals surface area (Å²) in [5.41, 5.74) is 9.66. The van der Waals surface area contributed by atoms with Crippen molar-refractivity contribution in [3.05, 3.63) is 46.3 Å². The third kappa shape index (κ3) is 2.01. The largest absolute Gasteiger partial charge is 0.114 e. The number of azide groups is 1. The zero-order valence-corrected chi connectivity index (χ0v) is 9.77. The second-order valence-electron chi connectivity index (χ2n) is 4.19. The Labute approximate surface area is 100 Å². The highest BCUT2D eigenvalue weighted by Gasteiger charge is 2.39. The average Bonchev–Trinajstić information content (AvgIpc) is 2.34. The van der Waals surface area contributed by atoms with Gasteiger partial charge in [-0.2, -0.15) is 0 Å². The van der Waals surface area contributed by atoms with Gasteiger partial charge in [0.15, 0.2) is 0 Å². The quantitative estimate of drug-likeness (QED) is 0.316. The first-order chi connectivity index (χ1) is 7.77. The van der Waals surface area contributed by atoms with E-state index in [1.54, 1.807) is 0 Å². The van der Waals surface area contributed by atoms with E-state index in [0.29, 0.717) is 0 Å². The van der Waals surface area contributed by atoms with Crippen LogP contribution in [0.4, 0.5) is 0 Å². The zero-order valence-electron chi connectivity index (χ0n) is 9.01. The van der Waals surface area contributed by atoms with E-state index in [0.717, 1.165) is 31.2 Å². The molecule has 0 spiro atoms. The van der Waals surface area contributed by atoms with Gasteiger partial charge in [-0.05, 0) is 23.9 Å². The van der Waals surface area contributed by atoms with Crippen molar-refractivity contribution >= 4 is 11.6 Å². The van der Waals surface area contributed by atoms with Crippen LogP contribution >= 0.6 is 11.6 Å². The molecule has 16 heavy (non-hydrogen) atoms. The van der Waals surface area contributed by atoms with E-state index in [4.69, 9.17) is 17.1 Å². The molecular formula is C12H14ClN3. The van der Waals surface area contributed by atoms with E-state index in [9.17, 15) is 0 Å². The van der Waals surface area contributed by atoms with Gasteiger partial charge in [0.1, 0.15) is 0 Å². The Hall–Kier alpha value is -1.18. The molecule has 84 valence electrons. The number of alkyl halides is 1. The van der Waals surface area contributed by atoms with Crippen molar-refractivity contribution in [3.8, 4) is 0 Å². The molecule has 4 heteroatoms. The lowest BCUT2D eigenvalue weighted by Gasteiger charge is -2.37. The van der Waals surface area contributed by atoms with Crippen molar-refractivity contribution in [1.29, 1.82) is 0 Å². The molecule has 3 nitrogen and oxygen atoms in total. The Balaban J connectivity index is 2.36. The van der Waals surface area contributed by atoms with Crippen LogP contribution in [0.2, 0.25) is 0 Å². The first-order valence-electron chi connectivity index (χ1n) is 5.56. The number of rotatable bonds is 2. The maximum absolute atomic E-state index is 8.60.